The van der Waals surface area contributed by atoms with Gasteiger partial charge in [0.2, 0.25) is 0 Å². The summed E-state index contributed by atoms with van der Waals surface area (Å²) in [6, 6.07) is 6.89. The third-order valence-corrected chi connectivity index (χ3v) is 6.18. The van der Waals surface area contributed by atoms with Crippen molar-refractivity contribution in [1.82, 2.24) is 0 Å². The smallest absolute Gasteiger partial charge is 0.262 e. The normalized spacial score (nSPS) is 11.4. The van der Waals surface area contributed by atoms with Crippen molar-refractivity contribution in [3.05, 3.63) is 52.1 Å². The molecule has 2 aromatic carbocycles. The van der Waals surface area contributed by atoms with E-state index in [1.807, 2.05) is 34.6 Å². The molecular formula is C18H23NO3S. The molecule has 0 spiro atoms. The molecule has 0 saturated carbocycles. The second-order valence-corrected chi connectivity index (χ2v) is 7.41. The molecule has 0 aliphatic heterocycles. The lowest BCUT2D eigenvalue weighted by Gasteiger charge is -2.19. The molecule has 4 nitrogen and oxygen atoms in total. The fourth-order valence-electron chi connectivity index (χ4n) is 2.76. The van der Waals surface area contributed by atoms with Gasteiger partial charge in [-0.05, 0) is 74.6 Å². The van der Waals surface area contributed by atoms with E-state index in [9.17, 15) is 8.42 Å². The molecule has 5 heteroatoms. The first-order chi connectivity index (χ1) is 10.7. The number of methoxy groups -OCH3 is 1. The van der Waals surface area contributed by atoms with Crippen LogP contribution in [-0.2, 0) is 10.0 Å². The van der Waals surface area contributed by atoms with Crippen molar-refractivity contribution >= 4 is 15.7 Å². The average Bonchev–Trinajstić information content (AvgIpc) is 2.50. The zero-order chi connectivity index (χ0) is 17.4. The first-order valence-corrected chi connectivity index (χ1v) is 8.91. The van der Waals surface area contributed by atoms with Crippen LogP contribution in [0.2, 0.25) is 0 Å². The molecule has 0 aliphatic rings. The predicted molar refractivity (Wildman–Crippen MR) is 93.9 cm³/mol. The van der Waals surface area contributed by atoms with E-state index in [2.05, 4.69) is 4.72 Å². The molecule has 1 N–H and O–H groups in total. The standard InChI is InChI=1S/C18H23NO3S/c1-11-12(2)14(4)18(15(5)13(11)3)23(20,21)19-16-8-7-9-17(10-16)22-6/h7-10,19H,1-6H3. The molecule has 0 aromatic heterocycles. The third kappa shape index (κ3) is 3.20. The number of anilines is 1. The van der Waals surface area contributed by atoms with Gasteiger partial charge < -0.3 is 4.74 Å². The van der Waals surface area contributed by atoms with Crippen molar-refractivity contribution < 1.29 is 13.2 Å². The van der Waals surface area contributed by atoms with Gasteiger partial charge in [0.15, 0.2) is 0 Å². The molecule has 0 aliphatic carbocycles. The van der Waals surface area contributed by atoms with Crippen molar-refractivity contribution in [3.8, 4) is 5.75 Å². The first-order valence-electron chi connectivity index (χ1n) is 7.43. The maximum absolute atomic E-state index is 12.9. The summed E-state index contributed by atoms with van der Waals surface area (Å²) in [5.41, 5.74) is 5.24. The van der Waals surface area contributed by atoms with Gasteiger partial charge >= 0.3 is 0 Å². The summed E-state index contributed by atoms with van der Waals surface area (Å²) in [7, 11) is -2.12. The minimum atomic E-state index is -3.67. The molecule has 0 saturated heterocycles. The minimum absolute atomic E-state index is 0.362. The van der Waals surface area contributed by atoms with Crippen LogP contribution in [0.4, 0.5) is 5.69 Å². The number of nitrogens with one attached hydrogen (secondary N) is 1. The topological polar surface area (TPSA) is 55.4 Å². The maximum Gasteiger partial charge on any atom is 0.262 e. The third-order valence-electron chi connectivity index (χ3n) is 4.52. The van der Waals surface area contributed by atoms with Crippen LogP contribution in [0.5, 0.6) is 5.75 Å². The molecular weight excluding hydrogens is 310 g/mol. The molecule has 0 atom stereocenters. The fraction of sp³-hybridized carbons (Fsp3) is 0.333. The fourth-order valence-corrected chi connectivity index (χ4v) is 4.41. The Morgan fingerprint density at radius 2 is 1.39 bits per heavy atom. The largest absolute Gasteiger partial charge is 0.497 e. The molecule has 0 amide bonds. The lowest BCUT2D eigenvalue weighted by Crippen LogP contribution is -2.17. The number of benzene rings is 2. The Morgan fingerprint density at radius 1 is 0.870 bits per heavy atom. The lowest BCUT2D eigenvalue weighted by molar-refractivity contribution is 0.415. The van der Waals surface area contributed by atoms with Crippen molar-refractivity contribution in [3.63, 3.8) is 0 Å². The van der Waals surface area contributed by atoms with Crippen LogP contribution in [-0.4, -0.2) is 15.5 Å². The Bertz CT molecular complexity index is 826. The van der Waals surface area contributed by atoms with Gasteiger partial charge in [-0.1, -0.05) is 6.07 Å². The van der Waals surface area contributed by atoms with E-state index < -0.39 is 10.0 Å². The quantitative estimate of drug-likeness (QED) is 0.919. The number of rotatable bonds is 4. The summed E-state index contributed by atoms with van der Waals surface area (Å²) >= 11 is 0. The van der Waals surface area contributed by atoms with E-state index in [1.54, 1.807) is 31.4 Å². The molecule has 23 heavy (non-hydrogen) atoms. The van der Waals surface area contributed by atoms with E-state index in [-0.39, 0.29) is 0 Å². The molecule has 0 fully saturated rings. The highest BCUT2D eigenvalue weighted by molar-refractivity contribution is 7.92. The van der Waals surface area contributed by atoms with Crippen LogP contribution in [0.25, 0.3) is 0 Å². The molecule has 0 bridgehead atoms. The minimum Gasteiger partial charge on any atom is -0.497 e. The molecule has 124 valence electrons. The Kier molecular flexibility index (Phi) is 4.71. The monoisotopic (exact) mass is 333 g/mol. The highest BCUT2D eigenvalue weighted by Crippen LogP contribution is 2.31. The molecule has 0 heterocycles. The Morgan fingerprint density at radius 3 is 1.91 bits per heavy atom. The van der Waals surface area contributed by atoms with Crippen molar-refractivity contribution in [2.45, 2.75) is 39.5 Å². The van der Waals surface area contributed by atoms with Gasteiger partial charge in [0.1, 0.15) is 5.75 Å². The van der Waals surface area contributed by atoms with Crippen LogP contribution >= 0.6 is 0 Å². The van der Waals surface area contributed by atoms with Crippen LogP contribution < -0.4 is 9.46 Å². The van der Waals surface area contributed by atoms with Gasteiger partial charge in [-0.3, -0.25) is 4.72 Å². The van der Waals surface area contributed by atoms with Crippen LogP contribution in [0.1, 0.15) is 27.8 Å². The molecule has 0 radical (unpaired) electrons. The lowest BCUT2D eigenvalue weighted by atomic mass is 9.95. The van der Waals surface area contributed by atoms with E-state index in [0.29, 0.717) is 16.3 Å². The number of hydrogen-bond donors (Lipinski definition) is 1. The van der Waals surface area contributed by atoms with Crippen LogP contribution in [0.3, 0.4) is 0 Å². The van der Waals surface area contributed by atoms with Crippen LogP contribution in [0.15, 0.2) is 29.2 Å². The van der Waals surface area contributed by atoms with E-state index in [0.717, 1.165) is 27.8 Å². The van der Waals surface area contributed by atoms with E-state index in [1.165, 1.54) is 0 Å². The van der Waals surface area contributed by atoms with Crippen molar-refractivity contribution in [1.29, 1.82) is 0 Å². The summed E-state index contributed by atoms with van der Waals surface area (Å²) in [4.78, 5) is 0.362. The maximum atomic E-state index is 12.9. The first kappa shape index (κ1) is 17.3. The highest BCUT2D eigenvalue weighted by atomic mass is 32.2. The van der Waals surface area contributed by atoms with Crippen molar-refractivity contribution in [2.24, 2.45) is 0 Å². The average molecular weight is 333 g/mol. The summed E-state index contributed by atoms with van der Waals surface area (Å²) in [5, 5.41) is 0. The van der Waals surface area contributed by atoms with Gasteiger partial charge in [0, 0.05) is 6.07 Å². The Hall–Kier alpha value is -2.01. The number of sulfonamides is 1. The van der Waals surface area contributed by atoms with Gasteiger partial charge in [0.05, 0.1) is 17.7 Å². The zero-order valence-electron chi connectivity index (χ0n) is 14.4. The van der Waals surface area contributed by atoms with Gasteiger partial charge in [-0.15, -0.1) is 0 Å². The molecule has 2 aromatic rings. The molecule has 2 rings (SSSR count). The summed E-state index contributed by atoms with van der Waals surface area (Å²) < 4.78 is 33.6. The second-order valence-electron chi connectivity index (χ2n) is 5.79. The predicted octanol–water partition coefficient (Wildman–Crippen LogP) is 4.04. The SMILES string of the molecule is COc1cccc(NS(=O)(=O)c2c(C)c(C)c(C)c(C)c2C)c1. The summed E-state index contributed by atoms with van der Waals surface area (Å²) in [6.07, 6.45) is 0. The van der Waals surface area contributed by atoms with Crippen LogP contribution in [0, 0.1) is 34.6 Å². The van der Waals surface area contributed by atoms with E-state index >= 15 is 0 Å². The number of hydrogen-bond acceptors (Lipinski definition) is 3. The highest BCUT2D eigenvalue weighted by Gasteiger charge is 2.23. The summed E-state index contributed by atoms with van der Waals surface area (Å²) in [6.45, 7) is 9.66. The zero-order valence-corrected chi connectivity index (χ0v) is 15.3. The Balaban J connectivity index is 2.56. The number of ether oxygens (including phenoxy) is 1. The van der Waals surface area contributed by atoms with E-state index in [4.69, 9.17) is 4.74 Å². The van der Waals surface area contributed by atoms with Crippen molar-refractivity contribution in [2.75, 3.05) is 11.8 Å². The second kappa shape index (κ2) is 6.24. The summed E-state index contributed by atoms with van der Waals surface area (Å²) in [5.74, 6) is 0.606. The van der Waals surface area contributed by atoms with Gasteiger partial charge in [-0.25, -0.2) is 8.42 Å². The molecule has 0 unspecified atom stereocenters. The Labute approximate surface area is 138 Å². The van der Waals surface area contributed by atoms with Gasteiger partial charge in [0.25, 0.3) is 10.0 Å². The van der Waals surface area contributed by atoms with Gasteiger partial charge in [-0.2, -0.15) is 0 Å².